The monoisotopic (exact) mass is 996 g/mol. The van der Waals surface area contributed by atoms with E-state index in [0.29, 0.717) is 0 Å². The largest absolute Gasteiger partial charge is 0.0885 e. The fourth-order valence-corrected chi connectivity index (χ4v) is 10.6. The summed E-state index contributed by atoms with van der Waals surface area (Å²) in [5, 5.41) is 0. The van der Waals surface area contributed by atoms with Crippen molar-refractivity contribution in [2.45, 2.75) is 362 Å². The van der Waals surface area contributed by atoms with Crippen molar-refractivity contribution in [2.24, 2.45) is 5.92 Å². The van der Waals surface area contributed by atoms with Gasteiger partial charge >= 0.3 is 0 Å². The Bertz CT molecular complexity index is 1190. The fourth-order valence-electron chi connectivity index (χ4n) is 10.6. The van der Waals surface area contributed by atoms with Crippen molar-refractivity contribution in [3.8, 4) is 0 Å². The number of rotatable bonds is 60. The van der Waals surface area contributed by atoms with E-state index >= 15 is 0 Å². The molecule has 0 saturated carbocycles. The van der Waals surface area contributed by atoms with Gasteiger partial charge in [-0.2, -0.15) is 0 Å². The average Bonchev–Trinajstić information content (AvgIpc) is 3.39. The molecule has 0 aliphatic carbocycles. The van der Waals surface area contributed by atoms with Crippen LogP contribution in [0.4, 0.5) is 0 Å². The molecule has 419 valence electrons. The lowest BCUT2D eigenvalue weighted by Gasteiger charge is -2.27. The van der Waals surface area contributed by atoms with Gasteiger partial charge in [0.1, 0.15) is 0 Å². The zero-order chi connectivity index (χ0) is 51.8. The van der Waals surface area contributed by atoms with E-state index in [0.717, 1.165) is 44.4 Å². The summed E-state index contributed by atoms with van der Waals surface area (Å²) in [5.74, 6) is 2.87. The Kier molecular flexibility index (Phi) is 63.6. The maximum absolute atomic E-state index is 2.48. The van der Waals surface area contributed by atoms with Crippen molar-refractivity contribution in [3.05, 3.63) is 91.0 Å². The highest BCUT2D eigenvalue weighted by atomic mass is 14.3. The van der Waals surface area contributed by atoms with E-state index in [1.54, 1.807) is 0 Å². The summed E-state index contributed by atoms with van der Waals surface area (Å²) < 4.78 is 0. The predicted molar refractivity (Wildman–Crippen MR) is 333 cm³/mol. The van der Waals surface area contributed by atoms with Gasteiger partial charge in [0, 0.05) is 0 Å². The first-order valence-corrected chi connectivity index (χ1v) is 33.2. The van der Waals surface area contributed by atoms with E-state index in [1.807, 2.05) is 5.92 Å². The molecule has 72 heavy (non-hydrogen) atoms. The van der Waals surface area contributed by atoms with Crippen molar-refractivity contribution in [3.63, 3.8) is 0 Å². The minimum atomic E-state index is 0.878. The molecule has 0 amide bonds. The molecule has 0 rings (SSSR count). The lowest BCUT2D eigenvalue weighted by Crippen LogP contribution is -2.14. The molecule has 0 aromatic rings. The first-order valence-electron chi connectivity index (χ1n) is 33.2. The van der Waals surface area contributed by atoms with Crippen LogP contribution in [0.2, 0.25) is 0 Å². The second-order valence-corrected chi connectivity index (χ2v) is 22.4. The van der Waals surface area contributed by atoms with Crippen LogP contribution in [0.3, 0.4) is 0 Å². The van der Waals surface area contributed by atoms with Gasteiger partial charge in [0.15, 0.2) is 0 Å². The van der Waals surface area contributed by atoms with Gasteiger partial charge in [-0.1, -0.05) is 344 Å². The molecule has 0 fully saturated rings. The highest BCUT2D eigenvalue weighted by Gasteiger charge is 2.21. The summed E-state index contributed by atoms with van der Waals surface area (Å²) in [4.78, 5) is 0. The molecular formula is C72H131. The van der Waals surface area contributed by atoms with E-state index in [4.69, 9.17) is 0 Å². The number of hydrogen-bond donors (Lipinski definition) is 0. The lowest BCUT2D eigenvalue weighted by atomic mass is 9.78. The molecular weight excluding hydrogens is 865 g/mol. The van der Waals surface area contributed by atoms with E-state index in [-0.39, 0.29) is 0 Å². The van der Waals surface area contributed by atoms with Crippen molar-refractivity contribution in [1.29, 1.82) is 0 Å². The Morgan fingerprint density at radius 3 is 0.778 bits per heavy atom. The first-order chi connectivity index (χ1) is 35.8. The molecule has 0 spiro atoms. The lowest BCUT2D eigenvalue weighted by molar-refractivity contribution is 0.372. The van der Waals surface area contributed by atoms with Crippen LogP contribution in [0.25, 0.3) is 0 Å². The third-order valence-electron chi connectivity index (χ3n) is 15.4. The molecule has 0 N–H and O–H groups in total. The molecule has 0 heterocycles. The Balaban J connectivity index is 5.08. The van der Waals surface area contributed by atoms with Crippen LogP contribution in [0.5, 0.6) is 0 Å². The molecule has 0 nitrogen and oxygen atoms in total. The molecule has 1 radical (unpaired) electrons. The topological polar surface area (TPSA) is 0 Å². The maximum atomic E-state index is 2.48. The third kappa shape index (κ3) is 59.1. The van der Waals surface area contributed by atoms with Crippen LogP contribution in [-0.2, 0) is 0 Å². The average molecular weight is 997 g/mol. The van der Waals surface area contributed by atoms with Crippen molar-refractivity contribution < 1.29 is 0 Å². The van der Waals surface area contributed by atoms with Gasteiger partial charge in [0.05, 0.1) is 0 Å². The van der Waals surface area contributed by atoms with Gasteiger partial charge < -0.3 is 0 Å². The molecule has 0 aromatic carbocycles. The second kappa shape index (κ2) is 65.3. The van der Waals surface area contributed by atoms with Gasteiger partial charge in [0.2, 0.25) is 0 Å². The summed E-state index contributed by atoms with van der Waals surface area (Å²) >= 11 is 0. The predicted octanol–water partition coefficient (Wildman–Crippen LogP) is 26.4. The van der Waals surface area contributed by atoms with Gasteiger partial charge in [-0.15, -0.1) is 0 Å². The van der Waals surface area contributed by atoms with Crippen LogP contribution in [0.15, 0.2) is 85.1 Å². The molecule has 0 aromatic heterocycles. The van der Waals surface area contributed by atoms with Crippen LogP contribution in [0.1, 0.15) is 362 Å². The highest BCUT2D eigenvalue weighted by molar-refractivity contribution is 5.00. The maximum Gasteiger partial charge on any atom is -0.0169 e. The molecule has 1 unspecified atom stereocenters. The smallest absolute Gasteiger partial charge is 0.0169 e. The SMILES string of the molecule is CC/C=C\C/C=C\C/C=C\CCCCCCCCC(CCCCCCCCCCCCCC)[C](CCCC/C=C\C/C=C\C/C=C\C/C=C\CCCCC)CCCCCCCCCCCCCCCCCC. The van der Waals surface area contributed by atoms with E-state index < -0.39 is 0 Å². The molecule has 0 saturated heterocycles. The van der Waals surface area contributed by atoms with Gasteiger partial charge in [-0.05, 0) is 115 Å². The third-order valence-corrected chi connectivity index (χ3v) is 15.4. The van der Waals surface area contributed by atoms with Crippen LogP contribution >= 0.6 is 0 Å². The Labute approximate surface area is 456 Å². The van der Waals surface area contributed by atoms with Crippen LogP contribution < -0.4 is 0 Å². The van der Waals surface area contributed by atoms with E-state index in [9.17, 15) is 0 Å². The fraction of sp³-hybridized carbons (Fsp3) is 0.792. The van der Waals surface area contributed by atoms with Crippen LogP contribution in [-0.4, -0.2) is 0 Å². The van der Waals surface area contributed by atoms with Gasteiger partial charge in [-0.3, -0.25) is 0 Å². The van der Waals surface area contributed by atoms with Crippen molar-refractivity contribution in [2.75, 3.05) is 0 Å². The quantitative estimate of drug-likeness (QED) is 0.0421. The normalized spacial score (nSPS) is 13.1. The number of unbranched alkanes of at least 4 members (excludes halogenated alkanes) is 37. The van der Waals surface area contributed by atoms with Gasteiger partial charge in [0.25, 0.3) is 0 Å². The first kappa shape index (κ1) is 70.2. The van der Waals surface area contributed by atoms with E-state index in [1.165, 1.54) is 295 Å². The summed E-state index contributed by atoms with van der Waals surface area (Å²) in [6.45, 7) is 9.14. The minimum Gasteiger partial charge on any atom is -0.0885 e. The van der Waals surface area contributed by atoms with Crippen molar-refractivity contribution in [1.82, 2.24) is 0 Å². The second-order valence-electron chi connectivity index (χ2n) is 22.4. The number of hydrogen-bond acceptors (Lipinski definition) is 0. The Morgan fingerprint density at radius 2 is 0.444 bits per heavy atom. The summed E-state index contributed by atoms with van der Waals surface area (Å²) in [7, 11) is 0. The van der Waals surface area contributed by atoms with Crippen LogP contribution in [0, 0.1) is 11.8 Å². The summed E-state index contributed by atoms with van der Waals surface area (Å²) in [6, 6.07) is 0. The Hall–Kier alpha value is -1.82. The Morgan fingerprint density at radius 1 is 0.222 bits per heavy atom. The number of allylic oxidation sites excluding steroid dienone is 14. The van der Waals surface area contributed by atoms with Crippen molar-refractivity contribution >= 4 is 0 Å². The summed E-state index contributed by atoms with van der Waals surface area (Å²) in [6.07, 6.45) is 105. The molecule has 0 aliphatic rings. The standard InChI is InChI=1S/C72H131/c1-5-9-13-17-21-25-29-33-36-39-40-43-46-50-54-58-62-66-70-72(69-65-61-57-53-49-45-42-38-35-31-27-23-19-15-11-7-3)71(67-63-59-55-51-47-32-28-24-20-16-12-8-4)68-64-60-56-52-48-44-41-37-34-30-26-22-18-14-10-6-2/h10,14,21-22,25-26,33-34,36-37,40,43,50,54,71H,5-9,11-13,15-20,23-24,27-32,35,38-39,41-42,44-49,51-53,55-70H2,1-4H3/b14-10-,25-21-,26-22-,36-33-,37-34-,43-40-,54-50-. The zero-order valence-electron chi connectivity index (χ0n) is 49.9. The van der Waals surface area contributed by atoms with E-state index in [2.05, 4.69) is 113 Å². The molecule has 1 atom stereocenters. The molecule has 0 bridgehead atoms. The molecule has 0 heteroatoms. The zero-order valence-corrected chi connectivity index (χ0v) is 49.9. The summed E-state index contributed by atoms with van der Waals surface area (Å²) in [5.41, 5.74) is 0. The van der Waals surface area contributed by atoms with Gasteiger partial charge in [-0.25, -0.2) is 0 Å². The highest BCUT2D eigenvalue weighted by Crippen LogP contribution is 2.35. The minimum absolute atomic E-state index is 0.878. The molecule has 0 aliphatic heterocycles.